The SMILES string of the molecule is CNC1CCCN(C(=O)C(C)Oc2ccc(F)cc2)C1.Cl. The van der Waals surface area contributed by atoms with Gasteiger partial charge in [-0.3, -0.25) is 4.79 Å². The maximum Gasteiger partial charge on any atom is 0.263 e. The molecule has 1 aromatic rings. The van der Waals surface area contributed by atoms with Crippen molar-refractivity contribution in [2.45, 2.75) is 31.9 Å². The molecule has 0 aliphatic carbocycles. The van der Waals surface area contributed by atoms with Gasteiger partial charge in [-0.25, -0.2) is 4.39 Å². The van der Waals surface area contributed by atoms with Gasteiger partial charge in [0.15, 0.2) is 6.10 Å². The predicted octanol–water partition coefficient (Wildman–Crippen LogP) is 2.23. The molecule has 6 heteroatoms. The van der Waals surface area contributed by atoms with Crippen LogP contribution >= 0.6 is 12.4 Å². The summed E-state index contributed by atoms with van der Waals surface area (Å²) in [6, 6.07) is 6.07. The number of carbonyl (C=O) groups is 1. The Balaban J connectivity index is 0.00000220. The van der Waals surface area contributed by atoms with Gasteiger partial charge in [-0.05, 0) is 51.1 Å². The number of piperidine rings is 1. The summed E-state index contributed by atoms with van der Waals surface area (Å²) in [6.45, 7) is 3.22. The van der Waals surface area contributed by atoms with Crippen molar-refractivity contribution in [1.82, 2.24) is 10.2 Å². The van der Waals surface area contributed by atoms with Gasteiger partial charge in [-0.1, -0.05) is 0 Å². The average Bonchev–Trinajstić information content (AvgIpc) is 2.48. The van der Waals surface area contributed by atoms with E-state index in [1.54, 1.807) is 6.92 Å². The highest BCUT2D eigenvalue weighted by Gasteiger charge is 2.27. The Kier molecular flexibility index (Phi) is 6.92. The molecule has 0 radical (unpaired) electrons. The predicted molar refractivity (Wildman–Crippen MR) is 82.4 cm³/mol. The quantitative estimate of drug-likeness (QED) is 0.926. The van der Waals surface area contributed by atoms with Crippen molar-refractivity contribution in [3.05, 3.63) is 30.1 Å². The molecule has 0 saturated carbocycles. The Morgan fingerprint density at radius 3 is 2.71 bits per heavy atom. The van der Waals surface area contributed by atoms with E-state index in [1.165, 1.54) is 24.3 Å². The molecule has 1 aliphatic rings. The molecule has 1 aliphatic heterocycles. The number of nitrogens with zero attached hydrogens (tertiary/aromatic N) is 1. The molecule has 1 aromatic carbocycles. The van der Waals surface area contributed by atoms with Gasteiger partial charge < -0.3 is 15.0 Å². The summed E-state index contributed by atoms with van der Waals surface area (Å²) in [5.74, 6) is 0.174. The molecule has 1 fully saturated rings. The third kappa shape index (κ3) is 4.86. The smallest absolute Gasteiger partial charge is 0.263 e. The van der Waals surface area contributed by atoms with E-state index in [-0.39, 0.29) is 24.1 Å². The third-order valence-corrected chi connectivity index (χ3v) is 3.62. The summed E-state index contributed by atoms with van der Waals surface area (Å²) in [7, 11) is 1.91. The third-order valence-electron chi connectivity index (χ3n) is 3.62. The Labute approximate surface area is 131 Å². The van der Waals surface area contributed by atoms with E-state index in [2.05, 4.69) is 5.32 Å². The fourth-order valence-electron chi connectivity index (χ4n) is 2.44. The number of nitrogens with one attached hydrogen (secondary N) is 1. The number of amides is 1. The van der Waals surface area contributed by atoms with Crippen LogP contribution in [0.3, 0.4) is 0 Å². The summed E-state index contributed by atoms with van der Waals surface area (Å²) in [6.07, 6.45) is 1.53. The van der Waals surface area contributed by atoms with Gasteiger partial charge in [0.1, 0.15) is 11.6 Å². The number of hydrogen-bond donors (Lipinski definition) is 1. The first-order chi connectivity index (χ1) is 9.60. The number of ether oxygens (including phenoxy) is 1. The van der Waals surface area contributed by atoms with Crippen LogP contribution in [0, 0.1) is 5.82 Å². The number of likely N-dealkylation sites (tertiary alicyclic amines) is 1. The van der Waals surface area contributed by atoms with Gasteiger partial charge in [-0.2, -0.15) is 0 Å². The molecule has 1 heterocycles. The molecular weight excluding hydrogens is 295 g/mol. The van der Waals surface area contributed by atoms with Crippen molar-refractivity contribution in [2.75, 3.05) is 20.1 Å². The lowest BCUT2D eigenvalue weighted by Gasteiger charge is -2.34. The number of hydrogen-bond acceptors (Lipinski definition) is 3. The normalized spacial score (nSPS) is 19.6. The van der Waals surface area contributed by atoms with Crippen LogP contribution in [0.15, 0.2) is 24.3 Å². The first kappa shape index (κ1) is 17.7. The van der Waals surface area contributed by atoms with Gasteiger partial charge >= 0.3 is 0 Å². The topological polar surface area (TPSA) is 41.6 Å². The molecule has 4 nitrogen and oxygen atoms in total. The lowest BCUT2D eigenvalue weighted by molar-refractivity contribution is -0.139. The Morgan fingerprint density at radius 2 is 2.10 bits per heavy atom. The Morgan fingerprint density at radius 1 is 1.43 bits per heavy atom. The molecule has 0 aromatic heterocycles. The van der Waals surface area contributed by atoms with Crippen LogP contribution in [-0.4, -0.2) is 43.1 Å². The van der Waals surface area contributed by atoms with E-state index in [9.17, 15) is 9.18 Å². The van der Waals surface area contributed by atoms with Crippen LogP contribution in [0.25, 0.3) is 0 Å². The van der Waals surface area contributed by atoms with Gasteiger partial charge in [0.05, 0.1) is 0 Å². The first-order valence-corrected chi connectivity index (χ1v) is 6.98. The van der Waals surface area contributed by atoms with Crippen LogP contribution in [-0.2, 0) is 4.79 Å². The van der Waals surface area contributed by atoms with Crippen LogP contribution in [0.4, 0.5) is 4.39 Å². The Bertz CT molecular complexity index is 455. The van der Waals surface area contributed by atoms with Crippen LogP contribution in [0.1, 0.15) is 19.8 Å². The summed E-state index contributed by atoms with van der Waals surface area (Å²) in [5, 5.41) is 3.21. The minimum atomic E-state index is -0.559. The summed E-state index contributed by atoms with van der Waals surface area (Å²) in [5.41, 5.74) is 0. The highest BCUT2D eigenvalue weighted by molar-refractivity contribution is 5.85. The van der Waals surface area contributed by atoms with Gasteiger partial charge in [-0.15, -0.1) is 12.4 Å². The lowest BCUT2D eigenvalue weighted by Crippen LogP contribution is -2.50. The zero-order chi connectivity index (χ0) is 14.5. The zero-order valence-electron chi connectivity index (χ0n) is 12.3. The van der Waals surface area contributed by atoms with Gasteiger partial charge in [0.2, 0.25) is 0 Å². The molecule has 1 amide bonds. The van der Waals surface area contributed by atoms with Gasteiger partial charge in [0, 0.05) is 19.1 Å². The minimum Gasteiger partial charge on any atom is -0.481 e. The van der Waals surface area contributed by atoms with Crippen LogP contribution in [0.5, 0.6) is 5.75 Å². The molecule has 2 atom stereocenters. The van der Waals surface area contributed by atoms with E-state index in [0.717, 1.165) is 19.4 Å². The second kappa shape index (κ2) is 8.20. The van der Waals surface area contributed by atoms with E-state index in [1.807, 2.05) is 11.9 Å². The largest absolute Gasteiger partial charge is 0.481 e. The Hall–Kier alpha value is -1.33. The monoisotopic (exact) mass is 316 g/mol. The molecule has 0 spiro atoms. The molecule has 118 valence electrons. The highest BCUT2D eigenvalue weighted by atomic mass is 35.5. The number of rotatable bonds is 4. The zero-order valence-corrected chi connectivity index (χ0v) is 13.2. The first-order valence-electron chi connectivity index (χ1n) is 6.98. The fourth-order valence-corrected chi connectivity index (χ4v) is 2.44. The standard InChI is InChI=1S/C15H21FN2O2.ClH/c1-11(20-14-7-5-12(16)6-8-14)15(19)18-9-3-4-13(10-18)17-2;/h5-8,11,13,17H,3-4,9-10H2,1-2H3;1H. The van der Waals surface area contributed by atoms with Crippen molar-refractivity contribution < 1.29 is 13.9 Å². The van der Waals surface area contributed by atoms with Crippen molar-refractivity contribution in [3.63, 3.8) is 0 Å². The number of likely N-dealkylation sites (N-methyl/N-ethyl adjacent to an activating group) is 1. The van der Waals surface area contributed by atoms with Gasteiger partial charge in [0.25, 0.3) is 5.91 Å². The van der Waals surface area contributed by atoms with Crippen LogP contribution in [0.2, 0.25) is 0 Å². The second-order valence-corrected chi connectivity index (χ2v) is 5.13. The van der Waals surface area contributed by atoms with Crippen molar-refractivity contribution in [1.29, 1.82) is 0 Å². The molecule has 2 unspecified atom stereocenters. The van der Waals surface area contributed by atoms with Crippen molar-refractivity contribution >= 4 is 18.3 Å². The molecule has 0 bridgehead atoms. The summed E-state index contributed by atoms with van der Waals surface area (Å²) < 4.78 is 18.4. The number of carbonyl (C=O) groups excluding carboxylic acids is 1. The molecule has 21 heavy (non-hydrogen) atoms. The fraction of sp³-hybridized carbons (Fsp3) is 0.533. The molecule has 1 N–H and O–H groups in total. The van der Waals surface area contributed by atoms with Crippen LogP contribution < -0.4 is 10.1 Å². The lowest BCUT2D eigenvalue weighted by atomic mass is 10.1. The van der Waals surface area contributed by atoms with E-state index in [0.29, 0.717) is 18.3 Å². The maximum atomic E-state index is 12.8. The number of halogens is 2. The highest BCUT2D eigenvalue weighted by Crippen LogP contribution is 2.16. The van der Waals surface area contributed by atoms with E-state index in [4.69, 9.17) is 4.74 Å². The van der Waals surface area contributed by atoms with Crippen molar-refractivity contribution in [3.8, 4) is 5.75 Å². The summed E-state index contributed by atoms with van der Waals surface area (Å²) in [4.78, 5) is 14.2. The summed E-state index contributed by atoms with van der Waals surface area (Å²) >= 11 is 0. The molecule has 1 saturated heterocycles. The molecule has 2 rings (SSSR count). The van der Waals surface area contributed by atoms with E-state index >= 15 is 0 Å². The second-order valence-electron chi connectivity index (χ2n) is 5.13. The average molecular weight is 317 g/mol. The molecular formula is C15H22ClFN2O2. The number of benzene rings is 1. The maximum absolute atomic E-state index is 12.8. The minimum absolute atomic E-state index is 0. The van der Waals surface area contributed by atoms with Crippen molar-refractivity contribution in [2.24, 2.45) is 0 Å². The van der Waals surface area contributed by atoms with E-state index < -0.39 is 6.10 Å².